The summed E-state index contributed by atoms with van der Waals surface area (Å²) in [7, 11) is -3.94. The van der Waals surface area contributed by atoms with Crippen molar-refractivity contribution in [3.63, 3.8) is 0 Å². The van der Waals surface area contributed by atoms with Crippen LogP contribution in [0.5, 0.6) is 5.75 Å². The number of halogens is 1. The van der Waals surface area contributed by atoms with Gasteiger partial charge < -0.3 is 9.64 Å². The zero-order valence-corrected chi connectivity index (χ0v) is 16.4. The molecule has 1 aliphatic carbocycles. The highest BCUT2D eigenvalue weighted by Crippen LogP contribution is 2.35. The maximum atomic E-state index is 13.8. The Kier molecular flexibility index (Phi) is 4.53. The highest BCUT2D eigenvalue weighted by molar-refractivity contribution is 7.92. The van der Waals surface area contributed by atoms with E-state index in [4.69, 9.17) is 4.74 Å². The fourth-order valence-electron chi connectivity index (χ4n) is 3.27. The van der Waals surface area contributed by atoms with Crippen LogP contribution in [-0.2, 0) is 21.4 Å². The molecule has 2 aromatic rings. The van der Waals surface area contributed by atoms with Crippen molar-refractivity contribution in [2.24, 2.45) is 0 Å². The van der Waals surface area contributed by atoms with Crippen LogP contribution in [0.1, 0.15) is 30.9 Å². The molecule has 1 fully saturated rings. The number of nitrogens with zero attached hydrogens (tertiary/aromatic N) is 1. The molecule has 28 heavy (non-hydrogen) atoms. The lowest BCUT2D eigenvalue weighted by Crippen LogP contribution is -2.39. The SMILES string of the molecule is Cc1ccc(S(=O)(=O)Nc2ccc3c(c2)CN(C2CC2)C(=O)[C@@H](C)O3)cc1F. The summed E-state index contributed by atoms with van der Waals surface area (Å²) >= 11 is 0. The van der Waals surface area contributed by atoms with Crippen molar-refractivity contribution in [1.29, 1.82) is 0 Å². The number of anilines is 1. The molecule has 0 saturated heterocycles. The summed E-state index contributed by atoms with van der Waals surface area (Å²) in [6, 6.07) is 8.91. The molecule has 0 radical (unpaired) electrons. The van der Waals surface area contributed by atoms with E-state index in [0.717, 1.165) is 24.5 Å². The number of sulfonamides is 1. The average Bonchev–Trinajstić information content (AvgIpc) is 3.47. The van der Waals surface area contributed by atoms with E-state index in [-0.39, 0.29) is 16.8 Å². The number of ether oxygens (including phenoxy) is 1. The monoisotopic (exact) mass is 404 g/mol. The highest BCUT2D eigenvalue weighted by atomic mass is 32.2. The van der Waals surface area contributed by atoms with Crippen LogP contribution in [0.2, 0.25) is 0 Å². The van der Waals surface area contributed by atoms with E-state index < -0.39 is 21.9 Å². The van der Waals surface area contributed by atoms with E-state index in [1.165, 1.54) is 12.1 Å². The second kappa shape index (κ2) is 6.77. The Morgan fingerprint density at radius 1 is 1.18 bits per heavy atom. The maximum absolute atomic E-state index is 13.8. The van der Waals surface area contributed by atoms with Gasteiger partial charge in [0.2, 0.25) is 0 Å². The normalized spacial score (nSPS) is 19.6. The molecule has 2 aliphatic rings. The summed E-state index contributed by atoms with van der Waals surface area (Å²) in [5, 5.41) is 0. The van der Waals surface area contributed by atoms with Crippen LogP contribution in [0, 0.1) is 12.7 Å². The first-order chi connectivity index (χ1) is 13.2. The molecule has 0 spiro atoms. The summed E-state index contributed by atoms with van der Waals surface area (Å²) in [5.74, 6) is -0.0740. The second-order valence-electron chi connectivity index (χ2n) is 7.30. The van der Waals surface area contributed by atoms with Gasteiger partial charge in [0.05, 0.1) is 4.90 Å². The molecule has 6 nitrogen and oxygen atoms in total. The average molecular weight is 404 g/mol. The zero-order valence-electron chi connectivity index (χ0n) is 15.6. The minimum absolute atomic E-state index is 0.0593. The molecule has 1 heterocycles. The van der Waals surface area contributed by atoms with Gasteiger partial charge >= 0.3 is 0 Å². The molecule has 8 heteroatoms. The van der Waals surface area contributed by atoms with Crippen LogP contribution in [0.3, 0.4) is 0 Å². The molecule has 0 unspecified atom stereocenters. The Balaban J connectivity index is 1.63. The molecule has 148 valence electrons. The van der Waals surface area contributed by atoms with Crippen molar-refractivity contribution in [2.45, 2.75) is 50.3 Å². The molecular formula is C20H21FN2O4S. The maximum Gasteiger partial charge on any atom is 0.263 e. The number of nitrogens with one attached hydrogen (secondary N) is 1. The van der Waals surface area contributed by atoms with Crippen molar-refractivity contribution in [3.05, 3.63) is 53.3 Å². The Bertz CT molecular complexity index is 1050. The fourth-order valence-corrected chi connectivity index (χ4v) is 4.33. The summed E-state index contributed by atoms with van der Waals surface area (Å²) in [6.07, 6.45) is 1.36. The summed E-state index contributed by atoms with van der Waals surface area (Å²) in [4.78, 5) is 14.2. The van der Waals surface area contributed by atoms with Gasteiger partial charge in [-0.2, -0.15) is 0 Å². The summed E-state index contributed by atoms with van der Waals surface area (Å²) in [6.45, 7) is 3.66. The van der Waals surface area contributed by atoms with E-state index in [9.17, 15) is 17.6 Å². The number of hydrogen-bond acceptors (Lipinski definition) is 4. The van der Waals surface area contributed by atoms with Gasteiger partial charge in [0, 0.05) is 23.8 Å². The number of rotatable bonds is 4. The van der Waals surface area contributed by atoms with Gasteiger partial charge in [0.15, 0.2) is 6.10 Å². The van der Waals surface area contributed by atoms with Gasteiger partial charge in [-0.1, -0.05) is 6.07 Å². The highest BCUT2D eigenvalue weighted by Gasteiger charge is 2.37. The lowest BCUT2D eigenvalue weighted by atomic mass is 10.1. The van der Waals surface area contributed by atoms with Gasteiger partial charge in [0.1, 0.15) is 11.6 Å². The van der Waals surface area contributed by atoms with Crippen LogP contribution in [0.4, 0.5) is 10.1 Å². The standard InChI is InChI=1S/C20H21FN2O4S/c1-12-3-7-17(10-18(12)21)28(25,26)22-15-4-8-19-14(9-15)11-23(16-5-6-16)20(24)13(2)27-19/h3-4,7-10,13,16,22H,5-6,11H2,1-2H3/t13-/m1/s1. The third-order valence-corrected chi connectivity index (χ3v) is 6.41. The minimum atomic E-state index is -3.94. The first kappa shape index (κ1) is 18.7. The van der Waals surface area contributed by atoms with Crippen LogP contribution in [0.15, 0.2) is 41.3 Å². The van der Waals surface area contributed by atoms with E-state index in [0.29, 0.717) is 23.5 Å². The number of amides is 1. The molecule has 0 bridgehead atoms. The van der Waals surface area contributed by atoms with Crippen molar-refractivity contribution in [3.8, 4) is 5.75 Å². The Morgan fingerprint density at radius 2 is 1.93 bits per heavy atom. The predicted molar refractivity (Wildman–Crippen MR) is 102 cm³/mol. The van der Waals surface area contributed by atoms with E-state index >= 15 is 0 Å². The molecule has 1 amide bonds. The minimum Gasteiger partial charge on any atom is -0.481 e. The fraction of sp³-hybridized carbons (Fsp3) is 0.350. The Labute approximate surface area is 163 Å². The first-order valence-corrected chi connectivity index (χ1v) is 10.6. The van der Waals surface area contributed by atoms with Gasteiger partial charge in [-0.3, -0.25) is 9.52 Å². The number of carbonyl (C=O) groups excluding carboxylic acids is 1. The van der Waals surface area contributed by atoms with Crippen LogP contribution in [-0.4, -0.2) is 31.4 Å². The molecule has 1 aliphatic heterocycles. The zero-order chi connectivity index (χ0) is 20.1. The van der Waals surface area contributed by atoms with E-state index in [1.807, 2.05) is 0 Å². The molecule has 0 aromatic heterocycles. The van der Waals surface area contributed by atoms with Gasteiger partial charge in [-0.25, -0.2) is 12.8 Å². The Hall–Kier alpha value is -2.61. The van der Waals surface area contributed by atoms with Crippen LogP contribution >= 0.6 is 0 Å². The lowest BCUT2D eigenvalue weighted by Gasteiger charge is -2.21. The summed E-state index contributed by atoms with van der Waals surface area (Å²) in [5.41, 5.74) is 1.45. The number of benzene rings is 2. The van der Waals surface area contributed by atoms with Crippen LogP contribution < -0.4 is 9.46 Å². The largest absolute Gasteiger partial charge is 0.481 e. The van der Waals surface area contributed by atoms with Crippen LogP contribution in [0.25, 0.3) is 0 Å². The molecule has 1 atom stereocenters. The number of fused-ring (bicyclic) bond motifs is 1. The molecular weight excluding hydrogens is 383 g/mol. The quantitative estimate of drug-likeness (QED) is 0.849. The van der Waals surface area contributed by atoms with E-state index in [1.54, 1.807) is 36.9 Å². The Morgan fingerprint density at radius 3 is 2.61 bits per heavy atom. The van der Waals surface area contributed by atoms with Crippen molar-refractivity contribution >= 4 is 21.6 Å². The van der Waals surface area contributed by atoms with Crippen molar-refractivity contribution in [2.75, 3.05) is 4.72 Å². The number of hydrogen-bond donors (Lipinski definition) is 1. The number of aryl methyl sites for hydroxylation is 1. The molecule has 4 rings (SSSR count). The summed E-state index contributed by atoms with van der Waals surface area (Å²) < 4.78 is 47.2. The smallest absolute Gasteiger partial charge is 0.263 e. The third-order valence-electron chi connectivity index (χ3n) is 5.03. The second-order valence-corrected chi connectivity index (χ2v) is 8.98. The third kappa shape index (κ3) is 3.56. The van der Waals surface area contributed by atoms with E-state index in [2.05, 4.69) is 4.72 Å². The van der Waals surface area contributed by atoms with Crippen molar-refractivity contribution in [1.82, 2.24) is 4.90 Å². The topological polar surface area (TPSA) is 75.7 Å². The first-order valence-electron chi connectivity index (χ1n) is 9.13. The molecule has 1 saturated carbocycles. The molecule has 1 N–H and O–H groups in total. The van der Waals surface area contributed by atoms with Gasteiger partial charge in [-0.15, -0.1) is 0 Å². The molecule has 2 aromatic carbocycles. The predicted octanol–water partition coefficient (Wildman–Crippen LogP) is 3.21. The van der Waals surface area contributed by atoms with Gasteiger partial charge in [0.25, 0.3) is 15.9 Å². The van der Waals surface area contributed by atoms with Gasteiger partial charge in [-0.05, 0) is 62.6 Å². The lowest BCUT2D eigenvalue weighted by molar-refractivity contribution is -0.138. The number of carbonyl (C=O) groups is 1. The van der Waals surface area contributed by atoms with Crippen molar-refractivity contribution < 1.29 is 22.3 Å².